The summed E-state index contributed by atoms with van der Waals surface area (Å²) in [5, 5.41) is 11.6. The van der Waals surface area contributed by atoms with Crippen LogP contribution in [0.4, 0.5) is 0 Å². The minimum absolute atomic E-state index is 0.0281. The van der Waals surface area contributed by atoms with Gasteiger partial charge in [0.1, 0.15) is 5.88 Å². The van der Waals surface area contributed by atoms with Gasteiger partial charge in [-0.3, -0.25) is 4.79 Å². The van der Waals surface area contributed by atoms with Crippen LogP contribution in [0.25, 0.3) is 0 Å². The van der Waals surface area contributed by atoms with Gasteiger partial charge in [0, 0.05) is 12.6 Å². The molecule has 1 aliphatic rings. The van der Waals surface area contributed by atoms with E-state index in [1.807, 2.05) is 0 Å². The van der Waals surface area contributed by atoms with Crippen LogP contribution in [0.15, 0.2) is 0 Å². The lowest BCUT2D eigenvalue weighted by molar-refractivity contribution is -0.119. The van der Waals surface area contributed by atoms with Gasteiger partial charge in [-0.1, -0.05) is 0 Å². The molecule has 1 saturated carbocycles. The van der Waals surface area contributed by atoms with Gasteiger partial charge in [0.05, 0.1) is 0 Å². The Morgan fingerprint density at radius 1 is 1.58 bits per heavy atom. The van der Waals surface area contributed by atoms with Gasteiger partial charge in [-0.2, -0.15) is 0 Å². The maximum absolute atomic E-state index is 10.9. The second kappa shape index (κ2) is 4.67. The zero-order chi connectivity index (χ0) is 8.97. The standard InChI is InChI=1S/C8H14ClNO2/c9-4-8(12)10-7-2-1-6(3-7)5-11/h6-7,11H,1-5H2,(H,10,12)/t6-,7+/m0/s1. The first-order valence-corrected chi connectivity index (χ1v) is 4.76. The van der Waals surface area contributed by atoms with Gasteiger partial charge in [0.2, 0.25) is 5.91 Å². The highest BCUT2D eigenvalue weighted by Crippen LogP contribution is 2.24. The second-order valence-electron chi connectivity index (χ2n) is 3.26. The molecule has 0 radical (unpaired) electrons. The predicted octanol–water partition coefficient (Wildman–Crippen LogP) is 0.502. The number of hydrogen-bond donors (Lipinski definition) is 2. The molecule has 70 valence electrons. The summed E-state index contributed by atoms with van der Waals surface area (Å²) in [7, 11) is 0. The molecule has 0 bridgehead atoms. The molecule has 12 heavy (non-hydrogen) atoms. The highest BCUT2D eigenvalue weighted by Gasteiger charge is 2.24. The minimum Gasteiger partial charge on any atom is -0.396 e. The molecule has 0 aromatic heterocycles. The van der Waals surface area contributed by atoms with E-state index in [1.165, 1.54) is 0 Å². The fourth-order valence-electron chi connectivity index (χ4n) is 1.64. The van der Waals surface area contributed by atoms with Crippen molar-refractivity contribution in [3.05, 3.63) is 0 Å². The Labute approximate surface area is 77.1 Å². The molecule has 1 aliphatic carbocycles. The first-order valence-electron chi connectivity index (χ1n) is 4.22. The van der Waals surface area contributed by atoms with Gasteiger partial charge in [-0.25, -0.2) is 0 Å². The van der Waals surface area contributed by atoms with Crippen LogP contribution in [-0.2, 0) is 4.79 Å². The molecule has 3 nitrogen and oxygen atoms in total. The monoisotopic (exact) mass is 191 g/mol. The SMILES string of the molecule is O=C(CCl)N[C@@H]1CC[C@H](CO)C1. The Bertz CT molecular complexity index is 163. The van der Waals surface area contributed by atoms with Crippen molar-refractivity contribution in [2.75, 3.05) is 12.5 Å². The molecule has 0 saturated heterocycles. The Balaban J connectivity index is 2.23. The van der Waals surface area contributed by atoms with Crippen LogP contribution in [0.3, 0.4) is 0 Å². The molecule has 0 aromatic carbocycles. The van der Waals surface area contributed by atoms with Crippen molar-refractivity contribution in [3.8, 4) is 0 Å². The molecule has 0 aromatic rings. The summed E-state index contributed by atoms with van der Waals surface area (Å²) in [5.41, 5.74) is 0. The lowest BCUT2D eigenvalue weighted by Crippen LogP contribution is -2.33. The summed E-state index contributed by atoms with van der Waals surface area (Å²) in [4.78, 5) is 10.9. The Morgan fingerprint density at radius 3 is 2.83 bits per heavy atom. The number of aliphatic hydroxyl groups is 1. The summed E-state index contributed by atoms with van der Waals surface area (Å²) in [6, 6.07) is 0.230. The third kappa shape index (κ3) is 2.64. The number of carbonyl (C=O) groups excluding carboxylic acids is 1. The number of carbonyl (C=O) groups is 1. The maximum Gasteiger partial charge on any atom is 0.235 e. The Kier molecular flexibility index (Phi) is 3.82. The minimum atomic E-state index is -0.111. The highest BCUT2D eigenvalue weighted by molar-refractivity contribution is 6.27. The molecule has 2 atom stereocenters. The molecule has 1 amide bonds. The van der Waals surface area contributed by atoms with Crippen molar-refractivity contribution in [2.45, 2.75) is 25.3 Å². The van der Waals surface area contributed by atoms with E-state index in [2.05, 4.69) is 5.32 Å². The Hall–Kier alpha value is -0.280. The normalized spacial score (nSPS) is 28.8. The number of hydrogen-bond acceptors (Lipinski definition) is 2. The van der Waals surface area contributed by atoms with Crippen molar-refractivity contribution in [1.82, 2.24) is 5.32 Å². The van der Waals surface area contributed by atoms with Gasteiger partial charge in [0.15, 0.2) is 0 Å². The van der Waals surface area contributed by atoms with E-state index in [0.29, 0.717) is 5.92 Å². The average molecular weight is 192 g/mol. The molecule has 0 aliphatic heterocycles. The van der Waals surface area contributed by atoms with E-state index in [4.69, 9.17) is 16.7 Å². The van der Waals surface area contributed by atoms with Crippen LogP contribution in [-0.4, -0.2) is 29.5 Å². The molecule has 1 rings (SSSR count). The smallest absolute Gasteiger partial charge is 0.235 e. The highest BCUT2D eigenvalue weighted by atomic mass is 35.5. The summed E-state index contributed by atoms with van der Waals surface area (Å²) in [6.45, 7) is 0.229. The van der Waals surface area contributed by atoms with Crippen LogP contribution in [0, 0.1) is 5.92 Å². The zero-order valence-corrected chi connectivity index (χ0v) is 7.68. The van der Waals surface area contributed by atoms with E-state index in [1.54, 1.807) is 0 Å². The molecule has 1 fully saturated rings. The fourth-order valence-corrected chi connectivity index (χ4v) is 1.72. The maximum atomic E-state index is 10.9. The first kappa shape index (κ1) is 9.81. The Morgan fingerprint density at radius 2 is 2.33 bits per heavy atom. The van der Waals surface area contributed by atoms with Crippen LogP contribution in [0.1, 0.15) is 19.3 Å². The van der Waals surface area contributed by atoms with E-state index in [0.717, 1.165) is 19.3 Å². The average Bonchev–Trinajstić information content (AvgIpc) is 2.52. The number of rotatable bonds is 3. The molecule has 0 heterocycles. The number of alkyl halides is 1. The van der Waals surface area contributed by atoms with E-state index in [-0.39, 0.29) is 24.4 Å². The predicted molar refractivity (Wildman–Crippen MR) is 47.1 cm³/mol. The summed E-state index contributed by atoms with van der Waals surface area (Å²) in [6.07, 6.45) is 2.86. The van der Waals surface area contributed by atoms with E-state index >= 15 is 0 Å². The summed E-state index contributed by atoms with van der Waals surface area (Å²) >= 11 is 5.34. The lowest BCUT2D eigenvalue weighted by atomic mass is 10.1. The molecule has 0 spiro atoms. The largest absolute Gasteiger partial charge is 0.396 e. The third-order valence-corrected chi connectivity index (χ3v) is 2.53. The summed E-state index contributed by atoms with van der Waals surface area (Å²) < 4.78 is 0. The van der Waals surface area contributed by atoms with Gasteiger partial charge in [0.25, 0.3) is 0 Å². The third-order valence-electron chi connectivity index (χ3n) is 2.29. The topological polar surface area (TPSA) is 49.3 Å². The van der Waals surface area contributed by atoms with Gasteiger partial charge in [-0.15, -0.1) is 11.6 Å². The number of halogens is 1. The van der Waals surface area contributed by atoms with Gasteiger partial charge >= 0.3 is 0 Å². The quantitative estimate of drug-likeness (QED) is 0.639. The van der Waals surface area contributed by atoms with Gasteiger partial charge < -0.3 is 10.4 Å². The first-order chi connectivity index (χ1) is 5.76. The van der Waals surface area contributed by atoms with Gasteiger partial charge in [-0.05, 0) is 25.2 Å². The molecule has 0 unspecified atom stereocenters. The number of nitrogens with one attached hydrogen (secondary N) is 1. The van der Waals surface area contributed by atoms with Crippen LogP contribution in [0.5, 0.6) is 0 Å². The van der Waals surface area contributed by atoms with E-state index < -0.39 is 0 Å². The summed E-state index contributed by atoms with van der Waals surface area (Å²) in [5.74, 6) is 0.284. The second-order valence-corrected chi connectivity index (χ2v) is 3.53. The van der Waals surface area contributed by atoms with Crippen molar-refractivity contribution in [3.63, 3.8) is 0 Å². The number of amides is 1. The van der Waals surface area contributed by atoms with Crippen LogP contribution < -0.4 is 5.32 Å². The molecular weight excluding hydrogens is 178 g/mol. The number of aliphatic hydroxyl groups excluding tert-OH is 1. The van der Waals surface area contributed by atoms with Crippen molar-refractivity contribution in [1.29, 1.82) is 0 Å². The van der Waals surface area contributed by atoms with Crippen LogP contribution in [0.2, 0.25) is 0 Å². The molecule has 2 N–H and O–H groups in total. The van der Waals surface area contributed by atoms with Crippen molar-refractivity contribution in [2.24, 2.45) is 5.92 Å². The van der Waals surface area contributed by atoms with Crippen molar-refractivity contribution < 1.29 is 9.90 Å². The fraction of sp³-hybridized carbons (Fsp3) is 0.875. The zero-order valence-electron chi connectivity index (χ0n) is 6.92. The van der Waals surface area contributed by atoms with Crippen LogP contribution >= 0.6 is 11.6 Å². The molecular formula is C8H14ClNO2. The van der Waals surface area contributed by atoms with E-state index in [9.17, 15) is 4.79 Å². The molecule has 4 heteroatoms. The lowest BCUT2D eigenvalue weighted by Gasteiger charge is -2.10. The van der Waals surface area contributed by atoms with Crippen molar-refractivity contribution >= 4 is 17.5 Å².